The smallest absolute Gasteiger partial charge is 0.162 e. The summed E-state index contributed by atoms with van der Waals surface area (Å²) in [6.45, 7) is 13.1. The van der Waals surface area contributed by atoms with Crippen LogP contribution in [0, 0.1) is 19.3 Å². The van der Waals surface area contributed by atoms with Crippen LogP contribution in [0.4, 0.5) is 0 Å². The molecule has 0 saturated heterocycles. The lowest BCUT2D eigenvalue weighted by Crippen LogP contribution is -2.16. The first-order chi connectivity index (χ1) is 11.7. The second-order valence-electron chi connectivity index (χ2n) is 7.91. The Morgan fingerprint density at radius 1 is 1.08 bits per heavy atom. The van der Waals surface area contributed by atoms with Gasteiger partial charge in [-0.3, -0.25) is 4.79 Å². The molecule has 0 aliphatic carbocycles. The van der Waals surface area contributed by atoms with Crippen molar-refractivity contribution in [1.82, 2.24) is 14.5 Å². The molecule has 0 saturated carbocycles. The van der Waals surface area contributed by atoms with Crippen LogP contribution in [0.25, 0.3) is 22.0 Å². The SMILES string of the molecule is CC(=O)c1c(C)n(CC(C)(C)C)c2ccc(-c3cnc(C)nc3)cc12. The zero-order chi connectivity index (χ0) is 18.4. The van der Waals surface area contributed by atoms with E-state index in [1.54, 1.807) is 6.92 Å². The zero-order valence-electron chi connectivity index (χ0n) is 15.8. The van der Waals surface area contributed by atoms with E-state index in [1.165, 1.54) is 0 Å². The van der Waals surface area contributed by atoms with Gasteiger partial charge in [0.2, 0.25) is 0 Å². The van der Waals surface area contributed by atoms with Gasteiger partial charge in [-0.05, 0) is 43.9 Å². The van der Waals surface area contributed by atoms with Crippen molar-refractivity contribution in [3.05, 3.63) is 47.7 Å². The number of hydrogen-bond acceptors (Lipinski definition) is 3. The van der Waals surface area contributed by atoms with Gasteiger partial charge in [0.15, 0.2) is 5.78 Å². The van der Waals surface area contributed by atoms with Crippen LogP contribution in [0.2, 0.25) is 0 Å². The number of aryl methyl sites for hydroxylation is 1. The Hall–Kier alpha value is -2.49. The predicted molar refractivity (Wildman–Crippen MR) is 102 cm³/mol. The number of hydrogen-bond donors (Lipinski definition) is 0. The molecule has 1 aromatic carbocycles. The highest BCUT2D eigenvalue weighted by molar-refractivity contribution is 6.09. The molecule has 0 aliphatic heterocycles. The number of rotatable bonds is 3. The van der Waals surface area contributed by atoms with Gasteiger partial charge in [-0.15, -0.1) is 0 Å². The summed E-state index contributed by atoms with van der Waals surface area (Å²) in [4.78, 5) is 20.9. The van der Waals surface area contributed by atoms with E-state index < -0.39 is 0 Å². The molecule has 2 heterocycles. The number of aromatic nitrogens is 3. The highest BCUT2D eigenvalue weighted by atomic mass is 16.1. The summed E-state index contributed by atoms with van der Waals surface area (Å²) in [5.74, 6) is 0.855. The maximum Gasteiger partial charge on any atom is 0.162 e. The van der Waals surface area contributed by atoms with Crippen molar-refractivity contribution >= 4 is 16.7 Å². The molecule has 0 N–H and O–H groups in total. The van der Waals surface area contributed by atoms with Gasteiger partial charge >= 0.3 is 0 Å². The zero-order valence-corrected chi connectivity index (χ0v) is 15.8. The summed E-state index contributed by atoms with van der Waals surface area (Å²) in [7, 11) is 0. The lowest BCUT2D eigenvalue weighted by atomic mass is 9.96. The molecule has 4 heteroatoms. The molecule has 3 aromatic rings. The van der Waals surface area contributed by atoms with Crippen molar-refractivity contribution in [3.8, 4) is 11.1 Å². The van der Waals surface area contributed by atoms with Gasteiger partial charge in [-0.25, -0.2) is 9.97 Å². The Labute approximate surface area is 148 Å². The molecule has 0 amide bonds. The Bertz CT molecular complexity index is 944. The van der Waals surface area contributed by atoms with E-state index in [-0.39, 0.29) is 11.2 Å². The molecule has 130 valence electrons. The van der Waals surface area contributed by atoms with Crippen molar-refractivity contribution in [2.24, 2.45) is 5.41 Å². The molecule has 0 fully saturated rings. The van der Waals surface area contributed by atoms with E-state index in [4.69, 9.17) is 0 Å². The van der Waals surface area contributed by atoms with E-state index >= 15 is 0 Å². The molecule has 0 radical (unpaired) electrons. The molecule has 3 rings (SSSR count). The second-order valence-corrected chi connectivity index (χ2v) is 7.91. The standard InChI is InChI=1S/C21H25N3O/c1-13-20(14(2)25)18-9-16(17-10-22-15(3)23-11-17)7-8-19(18)24(13)12-21(4,5)6/h7-11H,12H2,1-6H3. The van der Waals surface area contributed by atoms with Gasteiger partial charge in [0, 0.05) is 46.7 Å². The number of fused-ring (bicyclic) bond motifs is 1. The van der Waals surface area contributed by atoms with Gasteiger partial charge in [0.1, 0.15) is 5.82 Å². The van der Waals surface area contributed by atoms with Crippen LogP contribution in [0.15, 0.2) is 30.6 Å². The first-order valence-electron chi connectivity index (χ1n) is 8.60. The third kappa shape index (κ3) is 3.34. The summed E-state index contributed by atoms with van der Waals surface area (Å²) in [5.41, 5.74) is 5.08. The third-order valence-corrected chi connectivity index (χ3v) is 4.42. The third-order valence-electron chi connectivity index (χ3n) is 4.42. The van der Waals surface area contributed by atoms with Gasteiger partial charge in [-0.1, -0.05) is 26.8 Å². The normalized spacial score (nSPS) is 11.9. The minimum atomic E-state index is 0.104. The lowest BCUT2D eigenvalue weighted by molar-refractivity contribution is 0.101. The molecule has 2 aromatic heterocycles. The molecule has 0 aliphatic rings. The van der Waals surface area contributed by atoms with E-state index in [9.17, 15) is 4.79 Å². The first-order valence-corrected chi connectivity index (χ1v) is 8.60. The summed E-state index contributed by atoms with van der Waals surface area (Å²) in [5, 5.41) is 1.01. The van der Waals surface area contributed by atoms with Crippen molar-refractivity contribution in [2.75, 3.05) is 0 Å². The highest BCUT2D eigenvalue weighted by Gasteiger charge is 2.21. The van der Waals surface area contributed by atoms with Crippen LogP contribution < -0.4 is 0 Å². The van der Waals surface area contributed by atoms with E-state index in [0.717, 1.165) is 45.7 Å². The van der Waals surface area contributed by atoms with Gasteiger partial charge in [-0.2, -0.15) is 0 Å². The average Bonchev–Trinajstić information content (AvgIpc) is 2.78. The van der Waals surface area contributed by atoms with Crippen molar-refractivity contribution in [1.29, 1.82) is 0 Å². The summed E-state index contributed by atoms with van der Waals surface area (Å²) in [6.07, 6.45) is 3.66. The second kappa shape index (κ2) is 6.10. The van der Waals surface area contributed by atoms with Crippen LogP contribution in [-0.4, -0.2) is 20.3 Å². The fraction of sp³-hybridized carbons (Fsp3) is 0.381. The first kappa shape index (κ1) is 17.3. The molecule has 4 nitrogen and oxygen atoms in total. The van der Waals surface area contributed by atoms with Crippen LogP contribution in [0.5, 0.6) is 0 Å². The van der Waals surface area contributed by atoms with Crippen LogP contribution in [-0.2, 0) is 6.54 Å². The number of benzene rings is 1. The van der Waals surface area contributed by atoms with E-state index in [1.807, 2.05) is 26.2 Å². The van der Waals surface area contributed by atoms with Crippen molar-refractivity contribution in [3.63, 3.8) is 0 Å². The summed E-state index contributed by atoms with van der Waals surface area (Å²) < 4.78 is 2.27. The van der Waals surface area contributed by atoms with Crippen molar-refractivity contribution in [2.45, 2.75) is 48.1 Å². The number of ketones is 1. The highest BCUT2D eigenvalue weighted by Crippen LogP contribution is 2.32. The van der Waals surface area contributed by atoms with Crippen LogP contribution in [0.3, 0.4) is 0 Å². The molecular weight excluding hydrogens is 310 g/mol. The summed E-state index contributed by atoms with van der Waals surface area (Å²) >= 11 is 0. The van der Waals surface area contributed by atoms with Gasteiger partial charge in [0.05, 0.1) is 0 Å². The molecular formula is C21H25N3O. The van der Waals surface area contributed by atoms with E-state index in [2.05, 4.69) is 53.5 Å². The van der Waals surface area contributed by atoms with Crippen LogP contribution >= 0.6 is 0 Å². The Balaban J connectivity index is 2.23. The minimum absolute atomic E-state index is 0.104. The summed E-state index contributed by atoms with van der Waals surface area (Å²) in [6, 6.07) is 6.28. The lowest BCUT2D eigenvalue weighted by Gasteiger charge is -2.21. The molecule has 0 atom stereocenters. The number of nitrogens with zero attached hydrogens (tertiary/aromatic N) is 3. The quantitative estimate of drug-likeness (QED) is 0.635. The van der Waals surface area contributed by atoms with Gasteiger partial charge in [0.25, 0.3) is 0 Å². The Morgan fingerprint density at radius 3 is 2.28 bits per heavy atom. The average molecular weight is 335 g/mol. The monoisotopic (exact) mass is 335 g/mol. The molecule has 0 spiro atoms. The largest absolute Gasteiger partial charge is 0.344 e. The molecule has 0 bridgehead atoms. The molecule has 25 heavy (non-hydrogen) atoms. The van der Waals surface area contributed by atoms with Crippen LogP contribution in [0.1, 0.15) is 49.6 Å². The minimum Gasteiger partial charge on any atom is -0.344 e. The number of carbonyl (C=O) groups is 1. The maximum atomic E-state index is 12.3. The number of Topliss-reactive ketones (excluding diaryl/α,β-unsaturated/α-hetero) is 1. The molecule has 0 unspecified atom stereocenters. The van der Waals surface area contributed by atoms with E-state index in [0.29, 0.717) is 0 Å². The fourth-order valence-corrected chi connectivity index (χ4v) is 3.33. The van der Waals surface area contributed by atoms with Gasteiger partial charge < -0.3 is 4.57 Å². The van der Waals surface area contributed by atoms with Crippen molar-refractivity contribution < 1.29 is 4.79 Å². The predicted octanol–water partition coefficient (Wildman–Crippen LogP) is 4.96. The Morgan fingerprint density at radius 2 is 1.72 bits per heavy atom. The maximum absolute atomic E-state index is 12.3. The number of carbonyl (C=O) groups excluding carboxylic acids is 1. The fourth-order valence-electron chi connectivity index (χ4n) is 3.33. The Kier molecular flexibility index (Phi) is 4.23. The topological polar surface area (TPSA) is 47.8 Å².